The van der Waals surface area contributed by atoms with Crippen LogP contribution in [-0.2, 0) is 0 Å². The lowest BCUT2D eigenvalue weighted by molar-refractivity contribution is 0.419. The maximum atomic E-state index is 6.47. The summed E-state index contributed by atoms with van der Waals surface area (Å²) >= 11 is 7.98. The van der Waals surface area contributed by atoms with Crippen molar-refractivity contribution in [3.05, 3.63) is 62.8 Å². The molecule has 0 fully saturated rings. The smallest absolute Gasteiger partial charge is 0.126 e. The molecule has 1 unspecified atom stereocenters. The van der Waals surface area contributed by atoms with Crippen molar-refractivity contribution < 1.29 is 4.74 Å². The van der Waals surface area contributed by atoms with Gasteiger partial charge in [0, 0.05) is 10.3 Å². The first-order valence-corrected chi connectivity index (χ1v) is 7.94. The highest BCUT2D eigenvalue weighted by Gasteiger charge is 2.19. The number of hydrogen-bond donors (Lipinski definition) is 1. The molecule has 0 saturated carbocycles. The van der Waals surface area contributed by atoms with E-state index in [1.165, 1.54) is 0 Å². The van der Waals surface area contributed by atoms with Crippen LogP contribution in [0.4, 0.5) is 0 Å². The number of methoxy groups -OCH3 is 1. The van der Waals surface area contributed by atoms with E-state index in [-0.39, 0.29) is 6.04 Å². The lowest BCUT2D eigenvalue weighted by Gasteiger charge is -2.16. The van der Waals surface area contributed by atoms with Crippen molar-refractivity contribution >= 4 is 33.7 Å². The highest BCUT2D eigenvalue weighted by Crippen LogP contribution is 2.38. The maximum absolute atomic E-state index is 6.47. The SMILES string of the molecule is COc1ccc(C(N)c2scc(C)c2Cl)c2ccccc12. The molecule has 108 valence electrons. The fourth-order valence-electron chi connectivity index (χ4n) is 2.54. The number of halogens is 1. The zero-order chi connectivity index (χ0) is 15.0. The van der Waals surface area contributed by atoms with Gasteiger partial charge in [-0.05, 0) is 34.9 Å². The molecule has 1 aromatic heterocycles. The number of nitrogens with two attached hydrogens (primary N) is 1. The van der Waals surface area contributed by atoms with Crippen LogP contribution < -0.4 is 10.5 Å². The minimum Gasteiger partial charge on any atom is -0.496 e. The molecule has 0 aliphatic carbocycles. The fraction of sp³-hybridized carbons (Fsp3) is 0.176. The molecule has 2 N–H and O–H groups in total. The van der Waals surface area contributed by atoms with Gasteiger partial charge in [-0.15, -0.1) is 11.3 Å². The van der Waals surface area contributed by atoms with Gasteiger partial charge >= 0.3 is 0 Å². The molecular weight excluding hydrogens is 302 g/mol. The fourth-order valence-corrected chi connectivity index (χ4v) is 3.87. The summed E-state index contributed by atoms with van der Waals surface area (Å²) in [6, 6.07) is 11.9. The lowest BCUT2D eigenvalue weighted by atomic mass is 9.97. The number of fused-ring (bicyclic) bond motifs is 1. The quantitative estimate of drug-likeness (QED) is 0.744. The van der Waals surface area contributed by atoms with Crippen molar-refractivity contribution in [2.24, 2.45) is 5.73 Å². The Morgan fingerprint density at radius 2 is 1.86 bits per heavy atom. The summed E-state index contributed by atoms with van der Waals surface area (Å²) in [4.78, 5) is 1.00. The Bertz CT molecular complexity index is 797. The second kappa shape index (κ2) is 5.68. The molecule has 3 aromatic rings. The van der Waals surface area contributed by atoms with Gasteiger partial charge in [0.2, 0.25) is 0 Å². The summed E-state index contributed by atoms with van der Waals surface area (Å²) in [6.45, 7) is 2.00. The summed E-state index contributed by atoms with van der Waals surface area (Å²) in [5.41, 5.74) is 8.61. The van der Waals surface area contributed by atoms with Crippen LogP contribution in [0.5, 0.6) is 5.75 Å². The largest absolute Gasteiger partial charge is 0.496 e. The van der Waals surface area contributed by atoms with E-state index in [1.54, 1.807) is 18.4 Å². The van der Waals surface area contributed by atoms with E-state index >= 15 is 0 Å². The normalized spacial score (nSPS) is 12.6. The molecule has 1 heterocycles. The molecule has 0 spiro atoms. The van der Waals surface area contributed by atoms with E-state index in [2.05, 4.69) is 6.07 Å². The van der Waals surface area contributed by atoms with Crippen LogP contribution in [0, 0.1) is 6.92 Å². The number of benzene rings is 2. The van der Waals surface area contributed by atoms with Gasteiger partial charge in [0.05, 0.1) is 18.2 Å². The molecule has 0 radical (unpaired) electrons. The van der Waals surface area contributed by atoms with Gasteiger partial charge in [-0.3, -0.25) is 0 Å². The molecule has 2 aromatic carbocycles. The minimum absolute atomic E-state index is 0.230. The minimum atomic E-state index is -0.230. The van der Waals surface area contributed by atoms with Gasteiger partial charge in [-0.1, -0.05) is 41.9 Å². The van der Waals surface area contributed by atoms with E-state index in [0.717, 1.165) is 37.5 Å². The second-order valence-electron chi connectivity index (χ2n) is 4.98. The van der Waals surface area contributed by atoms with Crippen molar-refractivity contribution in [1.82, 2.24) is 0 Å². The second-order valence-corrected chi connectivity index (χ2v) is 6.27. The number of ether oxygens (including phenoxy) is 1. The van der Waals surface area contributed by atoms with E-state index in [1.807, 2.05) is 42.6 Å². The lowest BCUT2D eigenvalue weighted by Crippen LogP contribution is -2.11. The Kier molecular flexibility index (Phi) is 3.89. The predicted molar refractivity (Wildman–Crippen MR) is 90.6 cm³/mol. The van der Waals surface area contributed by atoms with Gasteiger partial charge in [0.1, 0.15) is 5.75 Å². The summed E-state index contributed by atoms with van der Waals surface area (Å²) in [5.74, 6) is 0.856. The van der Waals surface area contributed by atoms with E-state index in [9.17, 15) is 0 Å². The Morgan fingerprint density at radius 1 is 1.14 bits per heavy atom. The predicted octanol–water partition coefficient (Wildman–Crippen LogP) is 4.92. The summed E-state index contributed by atoms with van der Waals surface area (Å²) in [5, 5.41) is 4.99. The standard InChI is InChI=1S/C17H16ClNOS/c1-10-9-21-17(15(10)18)16(19)13-7-8-14(20-2)12-6-4-3-5-11(12)13/h3-9,16H,19H2,1-2H3. The van der Waals surface area contributed by atoms with Crippen molar-refractivity contribution in [2.45, 2.75) is 13.0 Å². The zero-order valence-electron chi connectivity index (χ0n) is 11.9. The number of thiophene rings is 1. The van der Waals surface area contributed by atoms with Crippen LogP contribution in [-0.4, -0.2) is 7.11 Å². The Hall–Kier alpha value is -1.55. The van der Waals surface area contributed by atoms with Gasteiger partial charge < -0.3 is 10.5 Å². The highest BCUT2D eigenvalue weighted by molar-refractivity contribution is 7.10. The third-order valence-electron chi connectivity index (χ3n) is 3.68. The van der Waals surface area contributed by atoms with Crippen LogP contribution in [0.2, 0.25) is 5.02 Å². The topological polar surface area (TPSA) is 35.2 Å². The summed E-state index contributed by atoms with van der Waals surface area (Å²) in [7, 11) is 1.68. The Morgan fingerprint density at radius 3 is 2.48 bits per heavy atom. The van der Waals surface area contributed by atoms with Crippen LogP contribution in [0.25, 0.3) is 10.8 Å². The molecule has 0 saturated heterocycles. The van der Waals surface area contributed by atoms with Crippen LogP contribution in [0.15, 0.2) is 41.8 Å². The molecule has 1 atom stereocenters. The van der Waals surface area contributed by atoms with Crippen molar-refractivity contribution in [3.63, 3.8) is 0 Å². The van der Waals surface area contributed by atoms with Crippen molar-refractivity contribution in [3.8, 4) is 5.75 Å². The molecular formula is C17H16ClNOS. The molecule has 21 heavy (non-hydrogen) atoms. The van der Waals surface area contributed by atoms with E-state index < -0.39 is 0 Å². The first kappa shape index (κ1) is 14.4. The van der Waals surface area contributed by atoms with E-state index in [4.69, 9.17) is 22.1 Å². The van der Waals surface area contributed by atoms with Crippen molar-refractivity contribution in [1.29, 1.82) is 0 Å². The molecule has 0 aliphatic rings. The molecule has 3 rings (SSSR count). The average Bonchev–Trinajstić information content (AvgIpc) is 2.85. The van der Waals surface area contributed by atoms with Gasteiger partial charge in [-0.25, -0.2) is 0 Å². The molecule has 0 bridgehead atoms. The first-order chi connectivity index (χ1) is 10.1. The van der Waals surface area contributed by atoms with E-state index in [0.29, 0.717) is 0 Å². The third-order valence-corrected chi connectivity index (χ3v) is 5.48. The molecule has 4 heteroatoms. The Balaban J connectivity index is 2.19. The van der Waals surface area contributed by atoms with Crippen LogP contribution >= 0.6 is 22.9 Å². The van der Waals surface area contributed by atoms with Gasteiger partial charge in [0.15, 0.2) is 0 Å². The first-order valence-electron chi connectivity index (χ1n) is 6.68. The monoisotopic (exact) mass is 317 g/mol. The molecule has 0 amide bonds. The van der Waals surface area contributed by atoms with Crippen LogP contribution in [0.3, 0.4) is 0 Å². The maximum Gasteiger partial charge on any atom is 0.126 e. The van der Waals surface area contributed by atoms with Gasteiger partial charge in [0.25, 0.3) is 0 Å². The molecule has 2 nitrogen and oxygen atoms in total. The van der Waals surface area contributed by atoms with Crippen LogP contribution in [0.1, 0.15) is 22.0 Å². The summed E-state index contributed by atoms with van der Waals surface area (Å²) in [6.07, 6.45) is 0. The third kappa shape index (κ3) is 2.42. The number of aryl methyl sites for hydroxylation is 1. The summed E-state index contributed by atoms with van der Waals surface area (Å²) < 4.78 is 5.43. The average molecular weight is 318 g/mol. The number of hydrogen-bond acceptors (Lipinski definition) is 3. The number of rotatable bonds is 3. The zero-order valence-corrected chi connectivity index (χ0v) is 13.5. The van der Waals surface area contributed by atoms with Gasteiger partial charge in [-0.2, -0.15) is 0 Å². The molecule has 0 aliphatic heterocycles. The Labute approximate surface area is 133 Å². The highest BCUT2D eigenvalue weighted by atomic mass is 35.5. The van der Waals surface area contributed by atoms with Crippen molar-refractivity contribution in [2.75, 3.05) is 7.11 Å².